The van der Waals surface area contributed by atoms with E-state index in [1.54, 1.807) is 7.11 Å². The van der Waals surface area contributed by atoms with E-state index < -0.39 is 0 Å². The standard InChI is InChI=1S/C16H12N2O.ClH/c1-19-11-6-7-14-10(8-11)9-13-12-4-2-3-5-15(12)18-16(13)17-14;/h2-9H,1H3,(H,17,18);1H. The van der Waals surface area contributed by atoms with Crippen LogP contribution in [0.25, 0.3) is 32.8 Å². The number of hydrogen-bond acceptors (Lipinski definition) is 1. The van der Waals surface area contributed by atoms with Gasteiger partial charge in [-0.25, -0.2) is 9.97 Å². The molecule has 0 unspecified atom stereocenters. The fourth-order valence-electron chi connectivity index (χ4n) is 2.60. The van der Waals surface area contributed by atoms with Crippen LogP contribution in [0.15, 0.2) is 48.5 Å². The number of ether oxygens (including phenoxy) is 1. The lowest BCUT2D eigenvalue weighted by atomic mass is 10.1. The molecule has 0 bridgehead atoms. The molecule has 0 aliphatic carbocycles. The maximum absolute atomic E-state index is 5.28. The first kappa shape index (κ1) is 12.8. The van der Waals surface area contributed by atoms with Gasteiger partial charge in [-0.3, -0.25) is 0 Å². The van der Waals surface area contributed by atoms with Crippen LogP contribution in [0.1, 0.15) is 0 Å². The molecular weight excluding hydrogens is 272 g/mol. The Balaban J connectivity index is 0.00000121. The zero-order chi connectivity index (χ0) is 12.8. The number of halogens is 1. The van der Waals surface area contributed by atoms with Crippen LogP contribution < -0.4 is 22.1 Å². The maximum Gasteiger partial charge on any atom is 0.285 e. The number of rotatable bonds is 1. The van der Waals surface area contributed by atoms with E-state index >= 15 is 0 Å². The maximum atomic E-state index is 5.28. The third kappa shape index (κ3) is 1.79. The Labute approximate surface area is 122 Å². The molecule has 4 heteroatoms. The minimum atomic E-state index is 0. The van der Waals surface area contributed by atoms with Crippen molar-refractivity contribution in [1.29, 1.82) is 0 Å². The number of nitrogens with one attached hydrogen (secondary N) is 2. The number of para-hydroxylation sites is 1. The van der Waals surface area contributed by atoms with Crippen LogP contribution >= 0.6 is 0 Å². The van der Waals surface area contributed by atoms with Crippen molar-refractivity contribution in [3.8, 4) is 5.75 Å². The second-order valence-electron chi connectivity index (χ2n) is 4.68. The van der Waals surface area contributed by atoms with Crippen molar-refractivity contribution in [1.82, 2.24) is 4.98 Å². The van der Waals surface area contributed by atoms with Crippen LogP contribution in [0.2, 0.25) is 0 Å². The van der Waals surface area contributed by atoms with Gasteiger partial charge in [0.1, 0.15) is 16.8 Å². The predicted octanol–water partition coefficient (Wildman–Crippen LogP) is 0.301. The zero-order valence-electron chi connectivity index (χ0n) is 10.9. The van der Waals surface area contributed by atoms with E-state index in [4.69, 9.17) is 4.74 Å². The number of hydrogen-bond donors (Lipinski definition) is 1. The van der Waals surface area contributed by atoms with Gasteiger partial charge in [0.25, 0.3) is 5.65 Å². The second kappa shape index (κ2) is 4.69. The molecule has 0 saturated heterocycles. The van der Waals surface area contributed by atoms with Crippen molar-refractivity contribution in [3.05, 3.63) is 48.5 Å². The highest BCUT2D eigenvalue weighted by molar-refractivity contribution is 6.07. The average molecular weight is 285 g/mol. The third-order valence-electron chi connectivity index (χ3n) is 3.56. The van der Waals surface area contributed by atoms with E-state index in [2.05, 4.69) is 34.2 Å². The van der Waals surface area contributed by atoms with E-state index in [9.17, 15) is 0 Å². The minimum Gasteiger partial charge on any atom is -1.00 e. The highest BCUT2D eigenvalue weighted by atomic mass is 35.5. The summed E-state index contributed by atoms with van der Waals surface area (Å²) in [6.45, 7) is 0. The summed E-state index contributed by atoms with van der Waals surface area (Å²) >= 11 is 0. The Morgan fingerprint density at radius 1 is 1.00 bits per heavy atom. The highest BCUT2D eigenvalue weighted by Gasteiger charge is 2.12. The van der Waals surface area contributed by atoms with Gasteiger partial charge >= 0.3 is 0 Å². The lowest BCUT2D eigenvalue weighted by Gasteiger charge is -2.00. The first-order valence-electron chi connectivity index (χ1n) is 6.26. The Morgan fingerprint density at radius 3 is 2.70 bits per heavy atom. The Kier molecular flexibility index (Phi) is 2.99. The number of benzene rings is 2. The van der Waals surface area contributed by atoms with E-state index in [0.717, 1.165) is 27.8 Å². The highest BCUT2D eigenvalue weighted by Crippen LogP contribution is 2.26. The molecule has 2 heterocycles. The lowest BCUT2D eigenvalue weighted by molar-refractivity contribution is -0.313. The first-order chi connectivity index (χ1) is 9.35. The van der Waals surface area contributed by atoms with Gasteiger partial charge in [-0.1, -0.05) is 12.1 Å². The van der Waals surface area contributed by atoms with Gasteiger partial charge < -0.3 is 17.1 Å². The SMILES string of the molecule is COc1ccc2[nH+]c3[nH]c4ccccc4c3cc2c1.[Cl-]. The molecule has 2 aromatic heterocycles. The molecule has 2 aromatic carbocycles. The fraction of sp³-hybridized carbons (Fsp3) is 0.0625. The van der Waals surface area contributed by atoms with Crippen molar-refractivity contribution in [2.75, 3.05) is 7.11 Å². The fourth-order valence-corrected chi connectivity index (χ4v) is 2.60. The smallest absolute Gasteiger partial charge is 0.285 e. The summed E-state index contributed by atoms with van der Waals surface area (Å²) in [6.07, 6.45) is 0. The summed E-state index contributed by atoms with van der Waals surface area (Å²) in [6, 6.07) is 16.6. The van der Waals surface area contributed by atoms with Crippen LogP contribution in [0.3, 0.4) is 0 Å². The van der Waals surface area contributed by atoms with E-state index in [1.807, 2.05) is 24.3 Å². The van der Waals surface area contributed by atoms with E-state index in [0.29, 0.717) is 0 Å². The van der Waals surface area contributed by atoms with Gasteiger partial charge in [0, 0.05) is 10.8 Å². The molecule has 0 aliphatic heterocycles. The molecule has 0 spiro atoms. The van der Waals surface area contributed by atoms with Crippen LogP contribution in [-0.4, -0.2) is 12.1 Å². The molecule has 4 rings (SSSR count). The molecule has 4 aromatic rings. The number of fused-ring (bicyclic) bond motifs is 4. The second-order valence-corrected chi connectivity index (χ2v) is 4.68. The molecule has 0 amide bonds. The van der Waals surface area contributed by atoms with Crippen molar-refractivity contribution in [2.24, 2.45) is 0 Å². The molecule has 0 radical (unpaired) electrons. The van der Waals surface area contributed by atoms with Gasteiger partial charge in [0.2, 0.25) is 0 Å². The molecule has 3 nitrogen and oxygen atoms in total. The molecule has 100 valence electrons. The van der Waals surface area contributed by atoms with Crippen LogP contribution in [0, 0.1) is 0 Å². The van der Waals surface area contributed by atoms with Crippen molar-refractivity contribution in [3.63, 3.8) is 0 Å². The van der Waals surface area contributed by atoms with Crippen LogP contribution in [0.5, 0.6) is 5.75 Å². The minimum absolute atomic E-state index is 0. The van der Waals surface area contributed by atoms with E-state index in [-0.39, 0.29) is 12.4 Å². The zero-order valence-corrected chi connectivity index (χ0v) is 11.7. The average Bonchev–Trinajstić information content (AvgIpc) is 2.82. The van der Waals surface area contributed by atoms with Crippen LogP contribution in [-0.2, 0) is 0 Å². The Morgan fingerprint density at radius 2 is 1.85 bits per heavy atom. The number of H-pyrrole nitrogens is 2. The first-order valence-corrected chi connectivity index (χ1v) is 6.26. The molecule has 0 aliphatic rings. The van der Waals surface area contributed by atoms with Gasteiger partial charge in [0.15, 0.2) is 0 Å². The Hall–Kier alpha value is -2.26. The molecule has 0 saturated carbocycles. The van der Waals surface area contributed by atoms with Crippen molar-refractivity contribution >= 4 is 32.8 Å². The van der Waals surface area contributed by atoms with Crippen molar-refractivity contribution in [2.45, 2.75) is 0 Å². The molecule has 0 fully saturated rings. The normalized spacial score (nSPS) is 10.8. The summed E-state index contributed by atoms with van der Waals surface area (Å²) in [5.41, 5.74) is 3.30. The largest absolute Gasteiger partial charge is 1.00 e. The molecule has 20 heavy (non-hydrogen) atoms. The van der Waals surface area contributed by atoms with Gasteiger partial charge in [0.05, 0.1) is 12.5 Å². The monoisotopic (exact) mass is 284 g/mol. The number of pyridine rings is 1. The van der Waals surface area contributed by atoms with Gasteiger partial charge in [-0.15, -0.1) is 0 Å². The molecular formula is C16H13ClN2O. The molecule has 2 N–H and O–H groups in total. The topological polar surface area (TPSA) is 39.2 Å². The lowest BCUT2D eigenvalue weighted by Crippen LogP contribution is -3.00. The van der Waals surface area contributed by atoms with E-state index in [1.165, 1.54) is 10.8 Å². The number of aromatic nitrogens is 2. The third-order valence-corrected chi connectivity index (χ3v) is 3.56. The number of aromatic amines is 2. The summed E-state index contributed by atoms with van der Waals surface area (Å²) in [7, 11) is 1.69. The van der Waals surface area contributed by atoms with Crippen molar-refractivity contribution < 1.29 is 22.1 Å². The number of methoxy groups -OCH3 is 1. The van der Waals surface area contributed by atoms with Gasteiger partial charge in [-0.05, 0) is 36.4 Å². The summed E-state index contributed by atoms with van der Waals surface area (Å²) in [5.74, 6) is 0.875. The quantitative estimate of drug-likeness (QED) is 0.537. The van der Waals surface area contributed by atoms with Gasteiger partial charge in [-0.2, -0.15) is 0 Å². The summed E-state index contributed by atoms with van der Waals surface area (Å²) in [4.78, 5) is 6.85. The summed E-state index contributed by atoms with van der Waals surface area (Å²) < 4.78 is 5.28. The Bertz CT molecular complexity index is 914. The predicted molar refractivity (Wildman–Crippen MR) is 76.4 cm³/mol. The molecule has 0 atom stereocenters. The van der Waals surface area contributed by atoms with Crippen LogP contribution in [0.4, 0.5) is 0 Å². The summed E-state index contributed by atoms with van der Waals surface area (Å²) in [5, 5.41) is 3.59.